The van der Waals surface area contributed by atoms with Crippen LogP contribution in [0.5, 0.6) is 11.5 Å². The number of amides is 1. The summed E-state index contributed by atoms with van der Waals surface area (Å²) in [4.78, 5) is 54.0. The molecule has 2 heterocycles. The van der Waals surface area contributed by atoms with Crippen molar-refractivity contribution in [2.24, 2.45) is 17.8 Å². The lowest BCUT2D eigenvalue weighted by molar-refractivity contribution is -0.163. The van der Waals surface area contributed by atoms with E-state index in [0.717, 1.165) is 19.3 Å². The van der Waals surface area contributed by atoms with E-state index in [1.54, 1.807) is 6.92 Å². The van der Waals surface area contributed by atoms with Gasteiger partial charge in [-0.1, -0.05) is 20.3 Å². The van der Waals surface area contributed by atoms with Crippen LogP contribution in [0.15, 0.2) is 12.3 Å². The highest BCUT2D eigenvalue weighted by Crippen LogP contribution is 2.33. The molecule has 1 aliphatic heterocycles. The molecule has 0 spiro atoms. The largest absolute Gasteiger partial charge is 0.493 e. The molecule has 0 aromatic carbocycles. The van der Waals surface area contributed by atoms with Crippen LogP contribution in [-0.4, -0.2) is 74.2 Å². The van der Waals surface area contributed by atoms with Gasteiger partial charge in [0.05, 0.1) is 26.2 Å². The van der Waals surface area contributed by atoms with Gasteiger partial charge >= 0.3 is 17.9 Å². The Balaban J connectivity index is 1.76. The lowest BCUT2D eigenvalue weighted by Gasteiger charge is -2.31. The minimum Gasteiger partial charge on any atom is -0.493 e. The normalized spacial score (nSPS) is 23.5. The number of pyridine rings is 1. The fourth-order valence-corrected chi connectivity index (χ4v) is 4.17. The van der Waals surface area contributed by atoms with E-state index in [1.165, 1.54) is 26.3 Å². The molecule has 2 aliphatic rings. The number of methoxy groups -OCH3 is 1. The molecule has 0 radical (unpaired) electrons. The van der Waals surface area contributed by atoms with E-state index in [9.17, 15) is 19.2 Å². The highest BCUT2D eigenvalue weighted by atomic mass is 16.7. The van der Waals surface area contributed by atoms with Gasteiger partial charge in [0.25, 0.3) is 5.91 Å². The second-order valence-corrected chi connectivity index (χ2v) is 10.2. The van der Waals surface area contributed by atoms with Crippen LogP contribution >= 0.6 is 0 Å². The van der Waals surface area contributed by atoms with Gasteiger partial charge in [0, 0.05) is 25.1 Å². The molecule has 2 fully saturated rings. The minimum absolute atomic E-state index is 0.0583. The second-order valence-electron chi connectivity index (χ2n) is 10.2. The lowest BCUT2D eigenvalue weighted by atomic mass is 9.89. The number of hydrogen-bond acceptors (Lipinski definition) is 11. The highest BCUT2D eigenvalue weighted by molar-refractivity contribution is 5.98. The van der Waals surface area contributed by atoms with Crippen molar-refractivity contribution in [1.82, 2.24) is 10.3 Å². The zero-order valence-corrected chi connectivity index (χ0v) is 23.1. The first-order chi connectivity index (χ1) is 18.6. The maximum Gasteiger partial charge on any atom is 0.331 e. The molecule has 1 aromatic rings. The number of nitrogens with zero attached hydrogens (tertiary/aromatic N) is 1. The Bertz CT molecular complexity index is 1030. The summed E-state index contributed by atoms with van der Waals surface area (Å²) in [5.74, 6) is -2.11. The van der Waals surface area contributed by atoms with E-state index in [2.05, 4.69) is 24.1 Å². The molecule has 0 bridgehead atoms. The van der Waals surface area contributed by atoms with Gasteiger partial charge in [-0.05, 0) is 32.1 Å². The molecule has 12 heteroatoms. The second kappa shape index (κ2) is 14.1. The number of hydrogen-bond donors (Lipinski definition) is 1. The van der Waals surface area contributed by atoms with Crippen molar-refractivity contribution in [3.8, 4) is 11.5 Å². The molecule has 1 N–H and O–H groups in total. The summed E-state index contributed by atoms with van der Waals surface area (Å²) >= 11 is 0. The number of cyclic esters (lactones) is 1. The van der Waals surface area contributed by atoms with Gasteiger partial charge in [0.2, 0.25) is 6.79 Å². The van der Waals surface area contributed by atoms with E-state index >= 15 is 0 Å². The summed E-state index contributed by atoms with van der Waals surface area (Å²) in [6.45, 7) is 6.54. The average Bonchev–Trinajstić information content (AvgIpc) is 3.72. The quantitative estimate of drug-likeness (QED) is 0.246. The van der Waals surface area contributed by atoms with Crippen LogP contribution in [0.1, 0.15) is 63.9 Å². The summed E-state index contributed by atoms with van der Waals surface area (Å²) in [7, 11) is 1.38. The Kier molecular flexibility index (Phi) is 10.9. The van der Waals surface area contributed by atoms with Crippen LogP contribution in [0.3, 0.4) is 0 Å². The van der Waals surface area contributed by atoms with Gasteiger partial charge in [-0.15, -0.1) is 0 Å². The molecule has 39 heavy (non-hydrogen) atoms. The van der Waals surface area contributed by atoms with E-state index in [4.69, 9.17) is 28.4 Å². The topological polar surface area (TPSA) is 149 Å². The smallest absolute Gasteiger partial charge is 0.331 e. The van der Waals surface area contributed by atoms with Crippen LogP contribution in [0.2, 0.25) is 0 Å². The summed E-state index contributed by atoms with van der Waals surface area (Å²) in [6.07, 6.45) is 3.31. The maximum atomic E-state index is 13.2. The number of aromatic nitrogens is 1. The third-order valence-electron chi connectivity index (χ3n) is 6.56. The fraction of sp³-hybridized carbons (Fsp3) is 0.667. The Morgan fingerprint density at radius 1 is 1.21 bits per heavy atom. The van der Waals surface area contributed by atoms with E-state index in [0.29, 0.717) is 12.3 Å². The Hall–Kier alpha value is -3.41. The SMILES string of the molecule is COc1ccnc(C(=O)NC2COCC(OC(=O)C3CC3)C(CCC(C)C)C(C)OC2=O)c1OCOC(C)=O. The molecule has 1 saturated carbocycles. The Labute approximate surface area is 228 Å². The van der Waals surface area contributed by atoms with Crippen molar-refractivity contribution in [3.05, 3.63) is 18.0 Å². The van der Waals surface area contributed by atoms with Crippen LogP contribution in [-0.2, 0) is 33.3 Å². The summed E-state index contributed by atoms with van der Waals surface area (Å²) in [5.41, 5.74) is -0.187. The van der Waals surface area contributed by atoms with Gasteiger partial charge in [0.1, 0.15) is 12.2 Å². The van der Waals surface area contributed by atoms with Crippen molar-refractivity contribution >= 4 is 23.8 Å². The van der Waals surface area contributed by atoms with Gasteiger partial charge in [0.15, 0.2) is 23.2 Å². The third kappa shape index (κ3) is 8.81. The van der Waals surface area contributed by atoms with Crippen molar-refractivity contribution in [1.29, 1.82) is 0 Å². The molecule has 12 nitrogen and oxygen atoms in total. The third-order valence-corrected chi connectivity index (χ3v) is 6.56. The van der Waals surface area contributed by atoms with Gasteiger partial charge in [-0.3, -0.25) is 14.4 Å². The first kappa shape index (κ1) is 30.1. The molecule has 1 aliphatic carbocycles. The summed E-state index contributed by atoms with van der Waals surface area (Å²) in [5, 5.41) is 2.59. The minimum atomic E-state index is -1.17. The van der Waals surface area contributed by atoms with Gasteiger partial charge in [-0.25, -0.2) is 9.78 Å². The predicted octanol–water partition coefficient (Wildman–Crippen LogP) is 2.42. The number of carbonyl (C=O) groups is 4. The van der Waals surface area contributed by atoms with E-state index in [1.807, 2.05) is 0 Å². The molecular formula is C27H38N2O10. The van der Waals surface area contributed by atoms with Crippen LogP contribution in [0, 0.1) is 17.8 Å². The molecular weight excluding hydrogens is 512 g/mol. The van der Waals surface area contributed by atoms with Crippen molar-refractivity contribution in [2.75, 3.05) is 27.1 Å². The molecule has 4 atom stereocenters. The zero-order chi connectivity index (χ0) is 28.5. The van der Waals surface area contributed by atoms with Crippen molar-refractivity contribution < 1.29 is 47.6 Å². The predicted molar refractivity (Wildman–Crippen MR) is 136 cm³/mol. The lowest BCUT2D eigenvalue weighted by Crippen LogP contribution is -2.46. The Morgan fingerprint density at radius 2 is 1.95 bits per heavy atom. The van der Waals surface area contributed by atoms with E-state index in [-0.39, 0.29) is 48.2 Å². The molecule has 1 aromatic heterocycles. The summed E-state index contributed by atoms with van der Waals surface area (Å²) < 4.78 is 32.9. The molecule has 1 amide bonds. The Morgan fingerprint density at radius 3 is 2.59 bits per heavy atom. The van der Waals surface area contributed by atoms with Gasteiger partial charge in [-0.2, -0.15) is 0 Å². The average molecular weight is 551 g/mol. The first-order valence-corrected chi connectivity index (χ1v) is 13.2. The monoisotopic (exact) mass is 550 g/mol. The standard InChI is InChI=1S/C27H38N2O10/c1-15(2)6-9-19-16(3)38-27(33)20(12-35-13-22(19)39-26(32)18-7-8-18)29-25(31)23-24(37-14-36-17(4)30)21(34-5)10-11-28-23/h10-11,15-16,18-20,22H,6-9,12-14H2,1-5H3,(H,29,31). The maximum absolute atomic E-state index is 13.2. The van der Waals surface area contributed by atoms with Crippen LogP contribution < -0.4 is 14.8 Å². The molecule has 3 rings (SSSR count). The van der Waals surface area contributed by atoms with Gasteiger partial charge < -0.3 is 33.7 Å². The molecule has 1 saturated heterocycles. The van der Waals surface area contributed by atoms with Crippen LogP contribution in [0.4, 0.5) is 0 Å². The number of ether oxygens (including phenoxy) is 6. The number of rotatable bonds is 11. The fourth-order valence-electron chi connectivity index (χ4n) is 4.17. The first-order valence-electron chi connectivity index (χ1n) is 13.2. The summed E-state index contributed by atoms with van der Waals surface area (Å²) in [6, 6.07) is 0.303. The molecule has 216 valence electrons. The molecule has 4 unspecified atom stereocenters. The number of esters is 3. The van der Waals surface area contributed by atoms with Crippen LogP contribution in [0.25, 0.3) is 0 Å². The van der Waals surface area contributed by atoms with Crippen molar-refractivity contribution in [3.63, 3.8) is 0 Å². The zero-order valence-electron chi connectivity index (χ0n) is 23.1. The highest BCUT2D eigenvalue weighted by Gasteiger charge is 2.39. The number of carbonyl (C=O) groups excluding carboxylic acids is 4. The number of nitrogens with one attached hydrogen (secondary N) is 1. The van der Waals surface area contributed by atoms with Crippen molar-refractivity contribution in [2.45, 2.75) is 71.6 Å². The van der Waals surface area contributed by atoms with E-state index < -0.39 is 42.9 Å².